The average Bonchev–Trinajstić information content (AvgIpc) is 2.74. The summed E-state index contributed by atoms with van der Waals surface area (Å²) in [4.78, 5) is 0. The van der Waals surface area contributed by atoms with E-state index in [4.69, 9.17) is 0 Å². The molecular weight excluding hydrogens is 397 g/mol. The standard InChI is InChI=1S/C26H36Si3/c1-27(2,24-16-9-6-10-17-24)22-15-23-28(3,4)29(5,25-18-11-7-12-19-25)26-20-13-8-14-21-26/h6-14,16-21H,15,22-23H2,1-5H3. The van der Waals surface area contributed by atoms with Crippen LogP contribution >= 0.6 is 0 Å². The zero-order valence-corrected chi connectivity index (χ0v) is 21.8. The third-order valence-electron chi connectivity index (χ3n) is 7.21. The first-order valence-electron chi connectivity index (χ1n) is 10.9. The molecule has 152 valence electrons. The Hall–Kier alpha value is -1.69. The molecule has 0 aromatic heterocycles. The van der Waals surface area contributed by atoms with E-state index in [1.807, 2.05) is 0 Å². The maximum atomic E-state index is 2.66. The predicted octanol–water partition coefficient (Wildman–Crippen LogP) is 5.67. The van der Waals surface area contributed by atoms with Crippen molar-refractivity contribution in [2.75, 3.05) is 0 Å². The van der Waals surface area contributed by atoms with E-state index < -0.39 is 23.3 Å². The lowest BCUT2D eigenvalue weighted by atomic mass is 10.4. The van der Waals surface area contributed by atoms with Gasteiger partial charge in [-0.15, -0.1) is 0 Å². The minimum atomic E-state index is -1.75. The predicted molar refractivity (Wildman–Crippen MR) is 139 cm³/mol. The van der Waals surface area contributed by atoms with Crippen LogP contribution in [0.4, 0.5) is 0 Å². The van der Waals surface area contributed by atoms with Gasteiger partial charge in [-0.05, 0) is 0 Å². The van der Waals surface area contributed by atoms with Crippen LogP contribution in [-0.4, -0.2) is 23.3 Å². The fraction of sp³-hybridized carbons (Fsp3) is 0.308. The molecule has 0 spiro atoms. The Kier molecular flexibility index (Phi) is 6.82. The highest BCUT2D eigenvalue weighted by atomic mass is 29.3. The van der Waals surface area contributed by atoms with Gasteiger partial charge in [-0.3, -0.25) is 0 Å². The van der Waals surface area contributed by atoms with Crippen LogP contribution in [0, 0.1) is 0 Å². The van der Waals surface area contributed by atoms with E-state index in [0.717, 1.165) is 0 Å². The Bertz CT molecular complexity index is 848. The molecule has 3 aromatic rings. The first-order chi connectivity index (χ1) is 13.8. The Morgan fingerprint density at radius 3 is 1.28 bits per heavy atom. The molecule has 0 heterocycles. The van der Waals surface area contributed by atoms with Gasteiger partial charge in [0, 0.05) is 0 Å². The summed E-state index contributed by atoms with van der Waals surface area (Å²) in [6.45, 7) is 13.1. The second-order valence-corrected chi connectivity index (χ2v) is 29.4. The first kappa shape index (κ1) is 22.0. The smallest absolute Gasteiger partial charge is 0.0707 e. The van der Waals surface area contributed by atoms with Crippen molar-refractivity contribution >= 4 is 38.8 Å². The van der Waals surface area contributed by atoms with Crippen molar-refractivity contribution in [1.29, 1.82) is 0 Å². The number of hydrogen-bond acceptors (Lipinski definition) is 0. The van der Waals surface area contributed by atoms with Gasteiger partial charge in [0.05, 0.1) is 15.7 Å². The zero-order chi connectivity index (χ0) is 21.0. The number of hydrogen-bond donors (Lipinski definition) is 0. The first-order valence-corrected chi connectivity index (χ1v) is 20.9. The second-order valence-electron chi connectivity index (χ2n) is 9.84. The summed E-state index contributed by atoms with van der Waals surface area (Å²) in [7, 11) is -4.59. The average molecular weight is 433 g/mol. The summed E-state index contributed by atoms with van der Waals surface area (Å²) in [5.74, 6) is 0. The van der Waals surface area contributed by atoms with Crippen LogP contribution in [0.5, 0.6) is 0 Å². The fourth-order valence-corrected chi connectivity index (χ4v) is 20.4. The van der Waals surface area contributed by atoms with Crippen LogP contribution in [0.1, 0.15) is 6.42 Å². The molecular formula is C26H36Si3. The molecule has 0 unspecified atom stereocenters. The minimum absolute atomic E-state index is 1.36. The van der Waals surface area contributed by atoms with Crippen molar-refractivity contribution in [3.8, 4) is 0 Å². The van der Waals surface area contributed by atoms with Crippen molar-refractivity contribution in [2.45, 2.75) is 51.2 Å². The van der Waals surface area contributed by atoms with E-state index in [1.54, 1.807) is 15.6 Å². The van der Waals surface area contributed by atoms with Crippen molar-refractivity contribution < 1.29 is 0 Å². The van der Waals surface area contributed by atoms with Crippen LogP contribution in [0.2, 0.25) is 44.8 Å². The SMILES string of the molecule is C[Si](C)(CCC[Si](C)(C)[Si](C)(c1ccccc1)c1ccccc1)c1ccccc1. The van der Waals surface area contributed by atoms with E-state index >= 15 is 0 Å². The minimum Gasteiger partial charge on any atom is -0.0707 e. The largest absolute Gasteiger partial charge is 0.107 e. The summed E-state index contributed by atoms with van der Waals surface area (Å²) < 4.78 is 0. The Morgan fingerprint density at radius 2 is 0.862 bits per heavy atom. The summed E-state index contributed by atoms with van der Waals surface area (Å²) in [5.41, 5.74) is 0. The normalized spacial score (nSPS) is 12.7. The maximum Gasteiger partial charge on any atom is 0.107 e. The summed E-state index contributed by atoms with van der Waals surface area (Å²) in [6.07, 6.45) is 1.37. The van der Waals surface area contributed by atoms with Gasteiger partial charge in [0.25, 0.3) is 0 Å². The molecule has 0 N–H and O–H groups in total. The Labute approximate surface area is 180 Å². The lowest BCUT2D eigenvalue weighted by Crippen LogP contribution is -2.72. The van der Waals surface area contributed by atoms with Crippen LogP contribution < -0.4 is 15.6 Å². The van der Waals surface area contributed by atoms with Gasteiger partial charge >= 0.3 is 0 Å². The van der Waals surface area contributed by atoms with E-state index in [-0.39, 0.29) is 0 Å². The van der Waals surface area contributed by atoms with Crippen LogP contribution in [0.3, 0.4) is 0 Å². The molecule has 0 fully saturated rings. The molecule has 29 heavy (non-hydrogen) atoms. The molecule has 0 amide bonds. The van der Waals surface area contributed by atoms with Crippen molar-refractivity contribution in [1.82, 2.24) is 0 Å². The molecule has 0 aliphatic rings. The molecule has 3 heteroatoms. The third-order valence-corrected chi connectivity index (χ3v) is 28.6. The summed E-state index contributed by atoms with van der Waals surface area (Å²) in [5, 5.41) is 4.83. The lowest BCUT2D eigenvalue weighted by molar-refractivity contribution is 1.03. The molecule has 0 atom stereocenters. The van der Waals surface area contributed by atoms with E-state index in [1.165, 1.54) is 18.5 Å². The molecule has 0 aliphatic heterocycles. The second kappa shape index (κ2) is 8.99. The highest BCUT2D eigenvalue weighted by Crippen LogP contribution is 2.27. The molecule has 0 aliphatic carbocycles. The molecule has 0 radical (unpaired) electrons. The summed E-state index contributed by atoms with van der Waals surface area (Å²) >= 11 is 0. The molecule has 0 saturated heterocycles. The summed E-state index contributed by atoms with van der Waals surface area (Å²) in [6, 6.07) is 36.9. The van der Waals surface area contributed by atoms with E-state index in [2.05, 4.69) is 124 Å². The van der Waals surface area contributed by atoms with Gasteiger partial charge in [-0.1, -0.05) is 158 Å². The van der Waals surface area contributed by atoms with Crippen molar-refractivity contribution in [2.24, 2.45) is 0 Å². The number of benzene rings is 3. The van der Waals surface area contributed by atoms with Gasteiger partial charge in [0.2, 0.25) is 0 Å². The van der Waals surface area contributed by atoms with Crippen molar-refractivity contribution in [3.05, 3.63) is 91.0 Å². The quantitative estimate of drug-likeness (QED) is 0.402. The van der Waals surface area contributed by atoms with Gasteiger partial charge in [0.1, 0.15) is 7.59 Å². The van der Waals surface area contributed by atoms with E-state index in [9.17, 15) is 0 Å². The maximum absolute atomic E-state index is 2.66. The van der Waals surface area contributed by atoms with Gasteiger partial charge in [-0.25, -0.2) is 0 Å². The molecule has 0 nitrogen and oxygen atoms in total. The zero-order valence-electron chi connectivity index (χ0n) is 18.8. The molecule has 0 bridgehead atoms. The third kappa shape index (κ3) is 4.73. The molecule has 0 saturated carbocycles. The van der Waals surface area contributed by atoms with Crippen LogP contribution in [-0.2, 0) is 0 Å². The molecule has 3 rings (SSSR count). The van der Waals surface area contributed by atoms with Crippen LogP contribution in [0.15, 0.2) is 91.0 Å². The van der Waals surface area contributed by atoms with Gasteiger partial charge < -0.3 is 0 Å². The fourth-order valence-electron chi connectivity index (χ4n) is 4.75. The Balaban J connectivity index is 1.84. The highest BCUT2D eigenvalue weighted by Gasteiger charge is 2.47. The monoisotopic (exact) mass is 432 g/mol. The van der Waals surface area contributed by atoms with Crippen molar-refractivity contribution in [3.63, 3.8) is 0 Å². The molecule has 3 aromatic carbocycles. The van der Waals surface area contributed by atoms with Gasteiger partial charge in [-0.2, -0.15) is 0 Å². The lowest BCUT2D eigenvalue weighted by Gasteiger charge is -2.43. The Morgan fingerprint density at radius 1 is 0.483 bits per heavy atom. The van der Waals surface area contributed by atoms with E-state index in [0.29, 0.717) is 0 Å². The van der Waals surface area contributed by atoms with Gasteiger partial charge in [0.15, 0.2) is 0 Å². The van der Waals surface area contributed by atoms with Crippen LogP contribution in [0.25, 0.3) is 0 Å². The highest BCUT2D eigenvalue weighted by molar-refractivity contribution is 7.50. The number of rotatable bonds is 8. The topological polar surface area (TPSA) is 0 Å².